The number of alkyl halides is 1. The molecule has 1 aliphatic heterocycles. The third-order valence-corrected chi connectivity index (χ3v) is 3.30. The van der Waals surface area contributed by atoms with Gasteiger partial charge in [0.1, 0.15) is 12.0 Å². The molecule has 1 aromatic rings. The lowest BCUT2D eigenvalue weighted by Gasteiger charge is -2.15. The first kappa shape index (κ1) is 12.6. The molecule has 4 nitrogen and oxygen atoms in total. The zero-order valence-corrected chi connectivity index (χ0v) is 11.4. The van der Waals surface area contributed by atoms with E-state index in [0.717, 1.165) is 10.9 Å². The summed E-state index contributed by atoms with van der Waals surface area (Å²) in [5, 5.41) is 0. The second kappa shape index (κ2) is 5.69. The van der Waals surface area contributed by atoms with Crippen LogP contribution in [0.1, 0.15) is 6.42 Å². The third-order valence-electron chi connectivity index (χ3n) is 2.60. The molecule has 1 saturated heterocycles. The van der Waals surface area contributed by atoms with E-state index in [1.54, 1.807) is 17.2 Å². The van der Waals surface area contributed by atoms with Gasteiger partial charge in [-0.3, -0.25) is 4.79 Å². The van der Waals surface area contributed by atoms with Crippen LogP contribution in [0.15, 0.2) is 22.8 Å². The molecule has 0 N–H and O–H groups in total. The zero-order chi connectivity index (χ0) is 12.3. The molecular formula is C11H12BrClN2O2. The van der Waals surface area contributed by atoms with E-state index in [4.69, 9.17) is 16.3 Å². The maximum Gasteiger partial charge on any atom is 0.237 e. The van der Waals surface area contributed by atoms with Crippen molar-refractivity contribution < 1.29 is 9.53 Å². The van der Waals surface area contributed by atoms with Gasteiger partial charge >= 0.3 is 0 Å². The number of aromatic nitrogens is 1. The van der Waals surface area contributed by atoms with Gasteiger partial charge < -0.3 is 9.64 Å². The second-order valence-corrected chi connectivity index (χ2v) is 5.00. The molecule has 92 valence electrons. The highest BCUT2D eigenvalue weighted by molar-refractivity contribution is 9.10. The summed E-state index contributed by atoms with van der Waals surface area (Å²) in [6.07, 6.45) is 2.52. The van der Waals surface area contributed by atoms with E-state index in [2.05, 4.69) is 20.9 Å². The number of hydrogen-bond acceptors (Lipinski definition) is 3. The van der Waals surface area contributed by atoms with Gasteiger partial charge in [-0.2, -0.15) is 0 Å². The number of carbonyl (C=O) groups excluding carboxylic acids is 1. The van der Waals surface area contributed by atoms with Gasteiger partial charge in [0, 0.05) is 29.7 Å². The van der Waals surface area contributed by atoms with Crippen LogP contribution in [0.25, 0.3) is 0 Å². The lowest BCUT2D eigenvalue weighted by atomic mass is 10.3. The standard InChI is InChI=1S/C11H12BrClN2O2/c12-8-1-2-10(14-6-8)17-9-3-4-15(7-9)11(16)5-13/h1-2,6,9H,3-5,7H2. The number of ether oxygens (including phenoxy) is 1. The molecule has 0 aliphatic carbocycles. The Morgan fingerprint density at radius 1 is 1.65 bits per heavy atom. The quantitative estimate of drug-likeness (QED) is 0.801. The summed E-state index contributed by atoms with van der Waals surface area (Å²) in [6, 6.07) is 3.68. The van der Waals surface area contributed by atoms with Crippen molar-refractivity contribution in [2.24, 2.45) is 0 Å². The van der Waals surface area contributed by atoms with Crippen molar-refractivity contribution in [2.45, 2.75) is 12.5 Å². The number of halogens is 2. The largest absolute Gasteiger partial charge is 0.472 e. The molecule has 1 fully saturated rings. The Kier molecular flexibility index (Phi) is 4.23. The number of rotatable bonds is 3. The Morgan fingerprint density at radius 2 is 2.47 bits per heavy atom. The maximum absolute atomic E-state index is 11.4. The van der Waals surface area contributed by atoms with Gasteiger partial charge in [0.2, 0.25) is 11.8 Å². The number of hydrogen-bond donors (Lipinski definition) is 0. The Hall–Kier alpha value is -0.810. The summed E-state index contributed by atoms with van der Waals surface area (Å²) in [5.74, 6) is 0.573. The molecule has 1 atom stereocenters. The normalized spacial score (nSPS) is 19.4. The van der Waals surface area contributed by atoms with Crippen LogP contribution >= 0.6 is 27.5 Å². The monoisotopic (exact) mass is 318 g/mol. The second-order valence-electron chi connectivity index (χ2n) is 3.82. The van der Waals surface area contributed by atoms with E-state index in [1.165, 1.54) is 0 Å². The van der Waals surface area contributed by atoms with Crippen LogP contribution in [-0.4, -0.2) is 40.9 Å². The fourth-order valence-corrected chi connectivity index (χ4v) is 2.14. The van der Waals surface area contributed by atoms with Crippen LogP contribution in [0.3, 0.4) is 0 Å². The van der Waals surface area contributed by atoms with E-state index in [1.807, 2.05) is 6.07 Å². The Bertz CT molecular complexity index is 399. The lowest BCUT2D eigenvalue weighted by molar-refractivity contribution is -0.127. The van der Waals surface area contributed by atoms with Gasteiger partial charge in [-0.1, -0.05) is 0 Å². The average molecular weight is 320 g/mol. The average Bonchev–Trinajstić information content (AvgIpc) is 2.80. The summed E-state index contributed by atoms with van der Waals surface area (Å²) < 4.78 is 6.60. The van der Waals surface area contributed by atoms with Crippen molar-refractivity contribution in [3.8, 4) is 5.88 Å². The first-order valence-corrected chi connectivity index (χ1v) is 6.63. The molecule has 2 heterocycles. The highest BCUT2D eigenvalue weighted by Crippen LogP contribution is 2.18. The van der Waals surface area contributed by atoms with E-state index >= 15 is 0 Å². The fourth-order valence-electron chi connectivity index (χ4n) is 1.74. The fraction of sp³-hybridized carbons (Fsp3) is 0.455. The van der Waals surface area contributed by atoms with Crippen LogP contribution in [0, 0.1) is 0 Å². The molecule has 0 saturated carbocycles. The van der Waals surface area contributed by atoms with Gasteiger partial charge in [0.05, 0.1) is 6.54 Å². The molecular weight excluding hydrogens is 307 g/mol. The van der Waals surface area contributed by atoms with Crippen LogP contribution < -0.4 is 4.74 Å². The number of carbonyl (C=O) groups is 1. The van der Waals surface area contributed by atoms with Crippen LogP contribution in [0.4, 0.5) is 0 Å². The molecule has 17 heavy (non-hydrogen) atoms. The van der Waals surface area contributed by atoms with Crippen molar-refractivity contribution >= 4 is 33.4 Å². The minimum absolute atomic E-state index is 0.0100. The topological polar surface area (TPSA) is 42.4 Å². The van der Waals surface area contributed by atoms with E-state index in [0.29, 0.717) is 19.0 Å². The molecule has 0 bridgehead atoms. The molecule has 1 unspecified atom stereocenters. The molecule has 2 rings (SSSR count). The van der Waals surface area contributed by atoms with Crippen molar-refractivity contribution in [1.29, 1.82) is 0 Å². The summed E-state index contributed by atoms with van der Waals surface area (Å²) in [5.41, 5.74) is 0. The first-order chi connectivity index (χ1) is 8.19. The third kappa shape index (κ3) is 3.33. The SMILES string of the molecule is O=C(CCl)N1CCC(Oc2ccc(Br)cn2)C1. The molecule has 0 radical (unpaired) electrons. The summed E-state index contributed by atoms with van der Waals surface area (Å²) in [6.45, 7) is 1.29. The van der Waals surface area contributed by atoms with Crippen LogP contribution in [-0.2, 0) is 4.79 Å². The number of amides is 1. The van der Waals surface area contributed by atoms with Crippen LogP contribution in [0.5, 0.6) is 5.88 Å². The van der Waals surface area contributed by atoms with Gasteiger partial charge in [-0.15, -0.1) is 11.6 Å². The van der Waals surface area contributed by atoms with Gasteiger partial charge in [-0.05, 0) is 22.0 Å². The molecule has 0 aromatic carbocycles. The molecule has 1 aliphatic rings. The summed E-state index contributed by atoms with van der Waals surface area (Å²) in [7, 11) is 0. The summed E-state index contributed by atoms with van der Waals surface area (Å²) >= 11 is 8.82. The van der Waals surface area contributed by atoms with Crippen molar-refractivity contribution in [2.75, 3.05) is 19.0 Å². The predicted molar refractivity (Wildman–Crippen MR) is 68.3 cm³/mol. The van der Waals surface area contributed by atoms with E-state index in [9.17, 15) is 4.79 Å². The van der Waals surface area contributed by atoms with Crippen molar-refractivity contribution in [3.63, 3.8) is 0 Å². The lowest BCUT2D eigenvalue weighted by Crippen LogP contribution is -2.31. The highest BCUT2D eigenvalue weighted by Gasteiger charge is 2.27. The minimum atomic E-state index is -0.0402. The number of likely N-dealkylation sites (tertiary alicyclic amines) is 1. The Labute approximate surface area is 113 Å². The molecule has 1 aromatic heterocycles. The highest BCUT2D eigenvalue weighted by atomic mass is 79.9. The Balaban J connectivity index is 1.89. The van der Waals surface area contributed by atoms with Gasteiger partial charge in [0.15, 0.2) is 0 Å². The zero-order valence-electron chi connectivity index (χ0n) is 9.10. The number of nitrogens with zero attached hydrogens (tertiary/aromatic N) is 2. The summed E-state index contributed by atoms with van der Waals surface area (Å²) in [4.78, 5) is 17.2. The van der Waals surface area contributed by atoms with Gasteiger partial charge in [-0.25, -0.2) is 4.98 Å². The molecule has 0 spiro atoms. The first-order valence-electron chi connectivity index (χ1n) is 5.31. The molecule has 1 amide bonds. The van der Waals surface area contributed by atoms with E-state index < -0.39 is 0 Å². The maximum atomic E-state index is 11.4. The smallest absolute Gasteiger partial charge is 0.237 e. The van der Waals surface area contributed by atoms with Gasteiger partial charge in [0.25, 0.3) is 0 Å². The number of pyridine rings is 1. The minimum Gasteiger partial charge on any atom is -0.472 e. The van der Waals surface area contributed by atoms with Crippen molar-refractivity contribution in [1.82, 2.24) is 9.88 Å². The Morgan fingerprint density at radius 3 is 3.12 bits per heavy atom. The van der Waals surface area contributed by atoms with Crippen LogP contribution in [0.2, 0.25) is 0 Å². The van der Waals surface area contributed by atoms with Crippen molar-refractivity contribution in [3.05, 3.63) is 22.8 Å². The van der Waals surface area contributed by atoms with E-state index in [-0.39, 0.29) is 17.9 Å². The molecule has 6 heteroatoms. The predicted octanol–water partition coefficient (Wildman–Crippen LogP) is 2.06.